The molecule has 0 spiro atoms. The zero-order valence-electron chi connectivity index (χ0n) is 14.9. The summed E-state index contributed by atoms with van der Waals surface area (Å²) in [7, 11) is 0. The number of para-hydroxylation sites is 1. The molecule has 1 aliphatic carbocycles. The first-order valence-electron chi connectivity index (χ1n) is 9.24. The first-order valence-corrected chi connectivity index (χ1v) is 9.24. The average Bonchev–Trinajstić information content (AvgIpc) is 3.16. The topological polar surface area (TPSA) is 62.0 Å². The van der Waals surface area contributed by atoms with Crippen LogP contribution in [0.2, 0.25) is 0 Å². The molecule has 0 unspecified atom stereocenters. The van der Waals surface area contributed by atoms with Crippen molar-refractivity contribution in [2.45, 2.75) is 31.1 Å². The molecule has 4 rings (SSSR count). The zero-order chi connectivity index (χ0) is 18.9. The van der Waals surface area contributed by atoms with Crippen LogP contribution in [0.4, 0.5) is 4.39 Å². The minimum Gasteiger partial charge on any atom is -0.351 e. The van der Waals surface area contributed by atoms with Crippen LogP contribution < -0.4 is 10.9 Å². The molecule has 1 fully saturated rings. The molecule has 4 nitrogen and oxygen atoms in total. The molecular weight excluding hydrogens is 343 g/mol. The number of hydrogen-bond donors (Lipinski definition) is 2. The van der Waals surface area contributed by atoms with E-state index < -0.39 is 0 Å². The highest BCUT2D eigenvalue weighted by atomic mass is 19.1. The van der Waals surface area contributed by atoms with E-state index in [2.05, 4.69) is 10.3 Å². The highest BCUT2D eigenvalue weighted by Gasteiger charge is 2.36. The van der Waals surface area contributed by atoms with Gasteiger partial charge in [-0.3, -0.25) is 9.59 Å². The average molecular weight is 364 g/mol. The van der Waals surface area contributed by atoms with E-state index in [1.807, 2.05) is 30.3 Å². The van der Waals surface area contributed by atoms with Gasteiger partial charge >= 0.3 is 0 Å². The normalized spacial score (nSPS) is 15.7. The summed E-state index contributed by atoms with van der Waals surface area (Å²) < 4.78 is 13.3. The van der Waals surface area contributed by atoms with Gasteiger partial charge in [0.05, 0.1) is 5.56 Å². The highest BCUT2D eigenvalue weighted by molar-refractivity contribution is 6.05. The first kappa shape index (κ1) is 17.5. The van der Waals surface area contributed by atoms with Gasteiger partial charge in [-0.05, 0) is 36.6 Å². The summed E-state index contributed by atoms with van der Waals surface area (Å²) in [6.45, 7) is 0.471. The second kappa shape index (κ2) is 6.99. The van der Waals surface area contributed by atoms with Crippen molar-refractivity contribution in [3.05, 3.63) is 81.9 Å². The Labute approximate surface area is 156 Å². The van der Waals surface area contributed by atoms with Gasteiger partial charge in [-0.1, -0.05) is 43.2 Å². The van der Waals surface area contributed by atoms with Gasteiger partial charge in [-0.15, -0.1) is 0 Å². The molecular formula is C22H21FN2O2. The van der Waals surface area contributed by atoms with Crippen LogP contribution in [0.5, 0.6) is 0 Å². The largest absolute Gasteiger partial charge is 0.351 e. The number of pyridine rings is 1. The molecule has 27 heavy (non-hydrogen) atoms. The van der Waals surface area contributed by atoms with Crippen molar-refractivity contribution >= 4 is 16.8 Å². The van der Waals surface area contributed by atoms with E-state index in [4.69, 9.17) is 0 Å². The summed E-state index contributed by atoms with van der Waals surface area (Å²) in [6, 6.07) is 15.2. The molecule has 138 valence electrons. The predicted molar refractivity (Wildman–Crippen MR) is 103 cm³/mol. The number of aromatic amines is 1. The summed E-state index contributed by atoms with van der Waals surface area (Å²) in [6.07, 6.45) is 4.08. The molecule has 1 heterocycles. The summed E-state index contributed by atoms with van der Waals surface area (Å²) >= 11 is 0. The summed E-state index contributed by atoms with van der Waals surface area (Å²) in [5.41, 5.74) is 1.59. The number of nitrogens with one attached hydrogen (secondary N) is 2. The summed E-state index contributed by atoms with van der Waals surface area (Å²) in [5, 5.41) is 3.75. The maximum absolute atomic E-state index is 13.3. The highest BCUT2D eigenvalue weighted by Crippen LogP contribution is 2.40. The molecule has 5 heteroatoms. The molecule has 2 N–H and O–H groups in total. The number of aromatic nitrogens is 1. The second-order valence-corrected chi connectivity index (χ2v) is 7.27. The van der Waals surface area contributed by atoms with Crippen LogP contribution in [-0.4, -0.2) is 17.4 Å². The number of halogens is 1. The number of hydrogen-bond acceptors (Lipinski definition) is 2. The van der Waals surface area contributed by atoms with E-state index in [1.165, 1.54) is 18.2 Å². The molecule has 0 saturated heterocycles. The Balaban J connectivity index is 1.61. The molecule has 1 aromatic heterocycles. The van der Waals surface area contributed by atoms with Crippen LogP contribution in [0.1, 0.15) is 41.6 Å². The first-order chi connectivity index (χ1) is 13.1. The van der Waals surface area contributed by atoms with Gasteiger partial charge < -0.3 is 10.3 Å². The lowest BCUT2D eigenvalue weighted by Gasteiger charge is -2.30. The van der Waals surface area contributed by atoms with Crippen molar-refractivity contribution in [1.29, 1.82) is 0 Å². The molecule has 1 saturated carbocycles. The Kier molecular flexibility index (Phi) is 4.52. The van der Waals surface area contributed by atoms with Crippen molar-refractivity contribution < 1.29 is 9.18 Å². The number of rotatable bonds is 4. The van der Waals surface area contributed by atoms with Gasteiger partial charge in [-0.25, -0.2) is 4.39 Å². The van der Waals surface area contributed by atoms with Gasteiger partial charge in [0.1, 0.15) is 5.82 Å². The molecule has 2 aromatic carbocycles. The minimum absolute atomic E-state index is 0.180. The second-order valence-electron chi connectivity index (χ2n) is 7.27. The molecule has 0 bridgehead atoms. The van der Waals surface area contributed by atoms with Crippen molar-refractivity contribution in [2.24, 2.45) is 0 Å². The van der Waals surface area contributed by atoms with Crippen LogP contribution in [0.3, 0.4) is 0 Å². The number of amides is 1. The van der Waals surface area contributed by atoms with E-state index in [-0.39, 0.29) is 22.7 Å². The SMILES string of the molecule is O=C(NCC1(c2ccc(F)cc2)CCCC1)c1cc(=O)[nH]c2ccccc12. The van der Waals surface area contributed by atoms with Gasteiger partial charge in [0.25, 0.3) is 5.91 Å². The van der Waals surface area contributed by atoms with Gasteiger partial charge in [0.15, 0.2) is 0 Å². The molecule has 0 aliphatic heterocycles. The molecule has 3 aromatic rings. The standard InChI is InChI=1S/C22H21FN2O2/c23-16-9-7-15(8-10-16)22(11-3-4-12-22)14-24-21(27)18-13-20(26)25-19-6-2-1-5-17(18)19/h1-2,5-10,13H,3-4,11-12,14H2,(H,24,27)(H,25,26). The quantitative estimate of drug-likeness (QED) is 0.737. The van der Waals surface area contributed by atoms with E-state index in [1.54, 1.807) is 6.07 Å². The molecule has 0 atom stereocenters. The monoisotopic (exact) mass is 364 g/mol. The third-order valence-corrected chi connectivity index (χ3v) is 5.60. The van der Waals surface area contributed by atoms with Gasteiger partial charge in [-0.2, -0.15) is 0 Å². The summed E-state index contributed by atoms with van der Waals surface area (Å²) in [5.74, 6) is -0.517. The lowest BCUT2D eigenvalue weighted by molar-refractivity contribution is 0.0944. The fraction of sp³-hybridized carbons (Fsp3) is 0.273. The Hall–Kier alpha value is -2.95. The van der Waals surface area contributed by atoms with Crippen molar-refractivity contribution in [3.63, 3.8) is 0 Å². The third-order valence-electron chi connectivity index (χ3n) is 5.60. The maximum atomic E-state index is 13.3. The van der Waals surface area contributed by atoms with E-state index in [0.717, 1.165) is 36.6 Å². The Morgan fingerprint density at radius 1 is 1.07 bits per heavy atom. The van der Waals surface area contributed by atoms with Crippen molar-refractivity contribution in [3.8, 4) is 0 Å². The molecule has 1 amide bonds. The Morgan fingerprint density at radius 2 is 1.78 bits per heavy atom. The lowest BCUT2D eigenvalue weighted by atomic mass is 9.78. The predicted octanol–water partition coefficient (Wildman–Crippen LogP) is 3.91. The van der Waals surface area contributed by atoms with E-state index in [0.29, 0.717) is 17.6 Å². The Morgan fingerprint density at radius 3 is 2.52 bits per heavy atom. The fourth-order valence-electron chi connectivity index (χ4n) is 4.16. The van der Waals surface area contributed by atoms with Crippen LogP contribution in [-0.2, 0) is 5.41 Å². The van der Waals surface area contributed by atoms with Gasteiger partial charge in [0, 0.05) is 28.9 Å². The number of benzene rings is 2. The van der Waals surface area contributed by atoms with Crippen molar-refractivity contribution in [1.82, 2.24) is 10.3 Å². The molecule has 0 radical (unpaired) electrons. The number of carbonyl (C=O) groups is 1. The fourth-order valence-corrected chi connectivity index (χ4v) is 4.16. The van der Waals surface area contributed by atoms with E-state index >= 15 is 0 Å². The number of carbonyl (C=O) groups excluding carboxylic acids is 1. The van der Waals surface area contributed by atoms with E-state index in [9.17, 15) is 14.0 Å². The number of H-pyrrole nitrogens is 1. The maximum Gasteiger partial charge on any atom is 0.252 e. The lowest BCUT2D eigenvalue weighted by Crippen LogP contribution is -2.39. The summed E-state index contributed by atoms with van der Waals surface area (Å²) in [4.78, 5) is 27.5. The number of fused-ring (bicyclic) bond motifs is 1. The van der Waals surface area contributed by atoms with Crippen LogP contribution in [0, 0.1) is 5.82 Å². The third kappa shape index (κ3) is 3.37. The smallest absolute Gasteiger partial charge is 0.252 e. The van der Waals surface area contributed by atoms with Crippen LogP contribution in [0.25, 0.3) is 10.9 Å². The van der Waals surface area contributed by atoms with Crippen LogP contribution in [0.15, 0.2) is 59.4 Å². The van der Waals surface area contributed by atoms with Crippen LogP contribution >= 0.6 is 0 Å². The Bertz CT molecular complexity index is 1030. The minimum atomic E-state index is -0.298. The zero-order valence-corrected chi connectivity index (χ0v) is 14.9. The van der Waals surface area contributed by atoms with Gasteiger partial charge in [0.2, 0.25) is 5.56 Å². The van der Waals surface area contributed by atoms with Crippen molar-refractivity contribution in [2.75, 3.05) is 6.54 Å². The molecule has 1 aliphatic rings.